The van der Waals surface area contributed by atoms with E-state index in [0.717, 1.165) is 6.26 Å². The maximum Gasteiger partial charge on any atom is 0.175 e. The number of halogens is 1. The molecule has 4 nitrogen and oxygen atoms in total. The van der Waals surface area contributed by atoms with Crippen LogP contribution in [0.15, 0.2) is 47.4 Å². The van der Waals surface area contributed by atoms with Crippen LogP contribution in [-0.4, -0.2) is 14.7 Å². The monoisotopic (exact) mass is 295 g/mol. The third-order valence-corrected chi connectivity index (χ3v) is 3.92. The Morgan fingerprint density at radius 3 is 2.35 bits per heavy atom. The van der Waals surface area contributed by atoms with Crippen LogP contribution in [0.1, 0.15) is 5.56 Å². The molecular formula is C14H14FNO3S. The van der Waals surface area contributed by atoms with Crippen LogP contribution in [-0.2, 0) is 16.4 Å². The molecule has 0 fully saturated rings. The van der Waals surface area contributed by atoms with Gasteiger partial charge >= 0.3 is 0 Å². The van der Waals surface area contributed by atoms with Gasteiger partial charge in [-0.15, -0.1) is 0 Å². The summed E-state index contributed by atoms with van der Waals surface area (Å²) in [5.74, 6) is 0.0119. The minimum absolute atomic E-state index is 0.0171. The maximum absolute atomic E-state index is 13.5. The standard InChI is InChI=1S/C14H14FNO3S/c1-20(17,18)11-7-5-10(6-8-11)19-9-12-13(15)3-2-4-14(12)16/h2-8H,9,16H2,1H3. The first-order chi connectivity index (χ1) is 9.38. The van der Waals surface area contributed by atoms with Gasteiger partial charge in [0.05, 0.1) is 4.90 Å². The van der Waals surface area contributed by atoms with Gasteiger partial charge in [-0.1, -0.05) is 6.07 Å². The minimum Gasteiger partial charge on any atom is -0.489 e. The number of hydrogen-bond donors (Lipinski definition) is 1. The van der Waals surface area contributed by atoms with Crippen molar-refractivity contribution in [1.29, 1.82) is 0 Å². The Balaban J connectivity index is 2.12. The minimum atomic E-state index is -3.24. The Morgan fingerprint density at radius 1 is 1.15 bits per heavy atom. The second-order valence-corrected chi connectivity index (χ2v) is 6.36. The predicted molar refractivity (Wildman–Crippen MR) is 74.7 cm³/mol. The van der Waals surface area contributed by atoms with Crippen molar-refractivity contribution < 1.29 is 17.5 Å². The fourth-order valence-electron chi connectivity index (χ4n) is 1.67. The molecule has 0 spiro atoms. The molecule has 0 unspecified atom stereocenters. The zero-order valence-electron chi connectivity index (χ0n) is 10.8. The topological polar surface area (TPSA) is 69.4 Å². The van der Waals surface area contributed by atoms with Gasteiger partial charge < -0.3 is 10.5 Å². The molecule has 0 amide bonds. The SMILES string of the molecule is CS(=O)(=O)c1ccc(OCc2c(N)cccc2F)cc1. The Labute approximate surface area is 116 Å². The Bertz CT molecular complexity index is 691. The third kappa shape index (κ3) is 3.27. The van der Waals surface area contributed by atoms with Gasteiger partial charge in [-0.25, -0.2) is 12.8 Å². The highest BCUT2D eigenvalue weighted by Gasteiger charge is 2.09. The Kier molecular flexibility index (Phi) is 3.94. The summed E-state index contributed by atoms with van der Waals surface area (Å²) in [6, 6.07) is 10.3. The van der Waals surface area contributed by atoms with E-state index in [1.54, 1.807) is 6.07 Å². The predicted octanol–water partition coefficient (Wildman–Crippen LogP) is 2.39. The highest BCUT2D eigenvalue weighted by molar-refractivity contribution is 7.90. The van der Waals surface area contributed by atoms with Gasteiger partial charge in [0.1, 0.15) is 18.2 Å². The van der Waals surface area contributed by atoms with Crippen LogP contribution in [0.4, 0.5) is 10.1 Å². The second kappa shape index (κ2) is 5.50. The fraction of sp³-hybridized carbons (Fsp3) is 0.143. The van der Waals surface area contributed by atoms with Crippen LogP contribution in [0.25, 0.3) is 0 Å². The van der Waals surface area contributed by atoms with Gasteiger partial charge in [0.15, 0.2) is 9.84 Å². The molecule has 2 N–H and O–H groups in total. The molecule has 0 aliphatic rings. The molecule has 0 saturated carbocycles. The van der Waals surface area contributed by atoms with E-state index in [0.29, 0.717) is 11.4 Å². The summed E-state index contributed by atoms with van der Waals surface area (Å²) in [6.07, 6.45) is 1.13. The normalized spacial score (nSPS) is 11.3. The fourth-order valence-corrected chi connectivity index (χ4v) is 2.30. The van der Waals surface area contributed by atoms with E-state index in [4.69, 9.17) is 10.5 Å². The second-order valence-electron chi connectivity index (χ2n) is 4.34. The lowest BCUT2D eigenvalue weighted by Gasteiger charge is -2.09. The Morgan fingerprint density at radius 2 is 1.80 bits per heavy atom. The van der Waals surface area contributed by atoms with Gasteiger partial charge in [-0.2, -0.15) is 0 Å². The molecule has 2 rings (SSSR count). The van der Waals surface area contributed by atoms with Crippen molar-refractivity contribution in [2.24, 2.45) is 0 Å². The maximum atomic E-state index is 13.5. The molecule has 6 heteroatoms. The van der Waals surface area contributed by atoms with E-state index in [2.05, 4.69) is 0 Å². The molecule has 20 heavy (non-hydrogen) atoms. The van der Waals surface area contributed by atoms with Gasteiger partial charge in [0.25, 0.3) is 0 Å². The molecule has 0 aromatic heterocycles. The van der Waals surface area contributed by atoms with Crippen LogP contribution < -0.4 is 10.5 Å². The summed E-state index contributed by atoms with van der Waals surface area (Å²) in [7, 11) is -3.24. The lowest BCUT2D eigenvalue weighted by molar-refractivity contribution is 0.300. The summed E-state index contributed by atoms with van der Waals surface area (Å²) in [5, 5.41) is 0. The number of nitrogen functional groups attached to an aromatic ring is 1. The first-order valence-corrected chi connectivity index (χ1v) is 7.73. The van der Waals surface area contributed by atoms with E-state index >= 15 is 0 Å². The number of hydrogen-bond acceptors (Lipinski definition) is 4. The van der Waals surface area contributed by atoms with Gasteiger partial charge in [-0.05, 0) is 36.4 Å². The van der Waals surface area contributed by atoms with Crippen LogP contribution in [0.5, 0.6) is 5.75 Å². The summed E-state index contributed by atoms with van der Waals surface area (Å²) in [5.41, 5.74) is 6.26. The van der Waals surface area contributed by atoms with Crippen molar-refractivity contribution in [2.75, 3.05) is 12.0 Å². The first-order valence-electron chi connectivity index (χ1n) is 5.84. The van der Waals surface area contributed by atoms with Gasteiger partial charge in [0.2, 0.25) is 0 Å². The zero-order valence-corrected chi connectivity index (χ0v) is 11.7. The average Bonchev–Trinajstić information content (AvgIpc) is 2.37. The summed E-state index contributed by atoms with van der Waals surface area (Å²) >= 11 is 0. The quantitative estimate of drug-likeness (QED) is 0.879. The van der Waals surface area contributed by atoms with E-state index in [1.165, 1.54) is 36.4 Å². The number of sulfone groups is 1. The smallest absolute Gasteiger partial charge is 0.175 e. The van der Waals surface area contributed by atoms with Crippen LogP contribution in [0.2, 0.25) is 0 Å². The number of rotatable bonds is 4. The molecule has 0 saturated heterocycles. The van der Waals surface area contributed by atoms with Gasteiger partial charge in [0, 0.05) is 17.5 Å². The summed E-state index contributed by atoms with van der Waals surface area (Å²) in [6.45, 7) is -0.0171. The van der Waals surface area contributed by atoms with Crippen LogP contribution in [0, 0.1) is 5.82 Å². The average molecular weight is 295 g/mol. The molecular weight excluding hydrogens is 281 g/mol. The number of benzene rings is 2. The van der Waals surface area contributed by atoms with E-state index < -0.39 is 15.7 Å². The van der Waals surface area contributed by atoms with Gasteiger partial charge in [-0.3, -0.25) is 0 Å². The van der Waals surface area contributed by atoms with Crippen molar-refractivity contribution in [2.45, 2.75) is 11.5 Å². The third-order valence-electron chi connectivity index (χ3n) is 2.79. The number of anilines is 1. The lowest BCUT2D eigenvalue weighted by atomic mass is 10.2. The molecule has 106 valence electrons. The van der Waals surface area contributed by atoms with Crippen LogP contribution in [0.3, 0.4) is 0 Å². The molecule has 0 atom stereocenters. The van der Waals surface area contributed by atoms with Crippen molar-refractivity contribution in [1.82, 2.24) is 0 Å². The molecule has 0 radical (unpaired) electrons. The number of nitrogens with two attached hydrogens (primary N) is 1. The lowest BCUT2D eigenvalue weighted by Crippen LogP contribution is -2.03. The molecule has 2 aromatic rings. The molecule has 2 aromatic carbocycles. The highest BCUT2D eigenvalue weighted by Crippen LogP contribution is 2.20. The molecule has 0 bridgehead atoms. The molecule has 0 aliphatic carbocycles. The van der Waals surface area contributed by atoms with Crippen molar-refractivity contribution in [3.05, 3.63) is 53.8 Å². The summed E-state index contributed by atoms with van der Waals surface area (Å²) < 4.78 is 41.6. The molecule has 0 heterocycles. The zero-order chi connectivity index (χ0) is 14.8. The van der Waals surface area contributed by atoms with Crippen molar-refractivity contribution in [3.8, 4) is 5.75 Å². The van der Waals surface area contributed by atoms with Crippen molar-refractivity contribution in [3.63, 3.8) is 0 Å². The van der Waals surface area contributed by atoms with Crippen molar-refractivity contribution >= 4 is 15.5 Å². The number of ether oxygens (including phenoxy) is 1. The molecule has 0 aliphatic heterocycles. The first kappa shape index (κ1) is 14.3. The van der Waals surface area contributed by atoms with Crippen LogP contribution >= 0.6 is 0 Å². The highest BCUT2D eigenvalue weighted by atomic mass is 32.2. The van der Waals surface area contributed by atoms with E-state index in [9.17, 15) is 12.8 Å². The Hall–Kier alpha value is -2.08. The van der Waals surface area contributed by atoms with E-state index in [1.807, 2.05) is 0 Å². The van der Waals surface area contributed by atoms with E-state index in [-0.39, 0.29) is 17.1 Å². The largest absolute Gasteiger partial charge is 0.489 e. The summed E-state index contributed by atoms with van der Waals surface area (Å²) in [4.78, 5) is 0.204.